The van der Waals surface area contributed by atoms with Crippen molar-refractivity contribution in [3.63, 3.8) is 0 Å². The highest BCUT2D eigenvalue weighted by Gasteiger charge is 2.43. The normalized spacial score (nSPS) is 15.7. The molecule has 2 amide bonds. The Labute approximate surface area is 277 Å². The fourth-order valence-corrected chi connectivity index (χ4v) is 6.04. The van der Waals surface area contributed by atoms with Crippen LogP contribution in [0.25, 0.3) is 0 Å². The van der Waals surface area contributed by atoms with Gasteiger partial charge < -0.3 is 29.2 Å². The second-order valence-corrected chi connectivity index (χ2v) is 11.7. The van der Waals surface area contributed by atoms with Crippen molar-refractivity contribution in [3.8, 4) is 17.2 Å². The van der Waals surface area contributed by atoms with Crippen LogP contribution in [0.5, 0.6) is 17.2 Å². The minimum absolute atomic E-state index is 0.0684. The molecule has 9 heteroatoms. The van der Waals surface area contributed by atoms with E-state index in [1.807, 2.05) is 36.4 Å². The maximum Gasteiger partial charge on any atom is 0.295 e. The molecule has 1 aliphatic rings. The van der Waals surface area contributed by atoms with E-state index in [1.165, 1.54) is 49.5 Å². The molecule has 3 aromatic carbocycles. The molecular formula is C38H46N2O7. The number of hydrogen-bond acceptors (Lipinski definition) is 7. The van der Waals surface area contributed by atoms with Crippen LogP contribution in [0.4, 0.5) is 0 Å². The maximum atomic E-state index is 14.0. The molecule has 250 valence electrons. The quantitative estimate of drug-likeness (QED) is 0.110. The Kier molecular flexibility index (Phi) is 13.4. The number of carbonyl (C=O) groups excluding carboxylic acids is 3. The van der Waals surface area contributed by atoms with Crippen LogP contribution in [-0.4, -0.2) is 75.2 Å². The molecule has 0 aromatic heterocycles. The van der Waals surface area contributed by atoms with Gasteiger partial charge in [-0.05, 0) is 61.8 Å². The number of likely N-dealkylation sites (tertiary alicyclic amines) is 1. The van der Waals surface area contributed by atoms with Crippen LogP contribution < -0.4 is 19.5 Å². The van der Waals surface area contributed by atoms with E-state index in [0.29, 0.717) is 5.75 Å². The van der Waals surface area contributed by atoms with Crippen LogP contribution in [0.15, 0.2) is 85.5 Å². The lowest BCUT2D eigenvalue weighted by atomic mass is 9.98. The predicted octanol–water partition coefficient (Wildman–Crippen LogP) is 5.60. The zero-order chi connectivity index (χ0) is 33.6. The first kappa shape index (κ1) is 35.2. The van der Waals surface area contributed by atoms with Gasteiger partial charge in [-0.1, -0.05) is 66.7 Å². The number of hydrogen-bond donors (Lipinski definition) is 1. The highest BCUT2D eigenvalue weighted by Crippen LogP contribution is 2.38. The van der Waals surface area contributed by atoms with Crippen LogP contribution in [0.2, 0.25) is 0 Å². The van der Waals surface area contributed by atoms with Gasteiger partial charge in [0.1, 0.15) is 6.04 Å². The van der Waals surface area contributed by atoms with Gasteiger partial charge in [-0.2, -0.15) is 0 Å². The Balaban J connectivity index is 1.51. The minimum Gasteiger partial charge on any atom is -0.493 e. The molecule has 0 aliphatic carbocycles. The molecular weight excluding hydrogens is 596 g/mol. The standard InChI is InChI=1S/C38H46N2O7/c1-5-22-47-31-25-32(40(26-31)38(43)35(41)29-23-33(44-2)36(46-4)34(24-29)45-3)37(42)39-30(20-12-18-27-14-8-6-9-15-27)21-13-19-28-16-10-7-11-17-28/h5-11,14-17,23-24,30-32H,1,12-13,18-22,25-26H2,2-4H3,(H,39,42)/t31?,32-/m0/s1. The van der Waals surface area contributed by atoms with Crippen LogP contribution in [-0.2, 0) is 27.2 Å². The number of nitrogens with zero attached hydrogens (tertiary/aromatic N) is 1. The third-order valence-corrected chi connectivity index (χ3v) is 8.47. The molecule has 1 saturated heterocycles. The molecule has 1 aliphatic heterocycles. The van der Waals surface area contributed by atoms with Gasteiger partial charge in [0.05, 0.1) is 34.0 Å². The van der Waals surface area contributed by atoms with Gasteiger partial charge in [-0.25, -0.2) is 0 Å². The van der Waals surface area contributed by atoms with Crippen LogP contribution in [0.3, 0.4) is 0 Å². The van der Waals surface area contributed by atoms with E-state index < -0.39 is 23.8 Å². The second-order valence-electron chi connectivity index (χ2n) is 11.7. The van der Waals surface area contributed by atoms with Gasteiger partial charge >= 0.3 is 0 Å². The van der Waals surface area contributed by atoms with Gasteiger partial charge in [-0.15, -0.1) is 6.58 Å². The first-order valence-electron chi connectivity index (χ1n) is 16.1. The van der Waals surface area contributed by atoms with Gasteiger partial charge in [0.15, 0.2) is 11.5 Å². The topological polar surface area (TPSA) is 103 Å². The second kappa shape index (κ2) is 17.9. The summed E-state index contributed by atoms with van der Waals surface area (Å²) in [5.41, 5.74) is 2.57. The number of aryl methyl sites for hydroxylation is 2. The summed E-state index contributed by atoms with van der Waals surface area (Å²) < 4.78 is 22.0. The Morgan fingerprint density at radius 1 is 0.872 bits per heavy atom. The van der Waals surface area contributed by atoms with Gasteiger partial charge in [0.25, 0.3) is 11.7 Å². The molecule has 1 unspecified atom stereocenters. The number of amides is 2. The van der Waals surface area contributed by atoms with Crippen molar-refractivity contribution in [2.45, 2.75) is 63.1 Å². The van der Waals surface area contributed by atoms with Crippen LogP contribution in [0.1, 0.15) is 53.6 Å². The smallest absolute Gasteiger partial charge is 0.295 e. The molecule has 0 spiro atoms. The molecule has 0 bridgehead atoms. The van der Waals surface area contributed by atoms with Crippen molar-refractivity contribution in [3.05, 3.63) is 102 Å². The summed E-state index contributed by atoms with van der Waals surface area (Å²) in [6.07, 6.45) is 6.66. The van der Waals surface area contributed by atoms with Crippen molar-refractivity contribution in [2.75, 3.05) is 34.5 Å². The monoisotopic (exact) mass is 642 g/mol. The van der Waals surface area contributed by atoms with E-state index in [9.17, 15) is 14.4 Å². The predicted molar refractivity (Wildman–Crippen MR) is 181 cm³/mol. The Bertz CT molecular complexity index is 1410. The van der Waals surface area contributed by atoms with Crippen LogP contribution >= 0.6 is 0 Å². The Morgan fingerprint density at radius 2 is 1.43 bits per heavy atom. The summed E-state index contributed by atoms with van der Waals surface area (Å²) >= 11 is 0. The highest BCUT2D eigenvalue weighted by molar-refractivity contribution is 6.43. The highest BCUT2D eigenvalue weighted by atomic mass is 16.5. The number of nitrogens with one attached hydrogen (secondary N) is 1. The van der Waals surface area contributed by atoms with Gasteiger partial charge in [0, 0.05) is 24.6 Å². The number of ketones is 1. The zero-order valence-corrected chi connectivity index (χ0v) is 27.6. The molecule has 9 nitrogen and oxygen atoms in total. The molecule has 0 radical (unpaired) electrons. The fourth-order valence-electron chi connectivity index (χ4n) is 6.04. The SMILES string of the molecule is C=CCOC1C[C@@H](C(=O)NC(CCCc2ccccc2)CCCc2ccccc2)N(C(=O)C(=O)c2cc(OC)c(OC)c(OC)c2)C1. The average molecular weight is 643 g/mol. The number of methoxy groups -OCH3 is 3. The summed E-state index contributed by atoms with van der Waals surface area (Å²) in [5.74, 6) is -1.06. The molecule has 2 atom stereocenters. The maximum absolute atomic E-state index is 14.0. The summed E-state index contributed by atoms with van der Waals surface area (Å²) in [7, 11) is 4.33. The molecule has 1 fully saturated rings. The van der Waals surface area contributed by atoms with E-state index in [-0.39, 0.29) is 48.6 Å². The number of ether oxygens (including phenoxy) is 4. The Hall–Kier alpha value is -4.63. The molecule has 4 rings (SSSR count). The van der Waals surface area contributed by atoms with E-state index in [4.69, 9.17) is 18.9 Å². The lowest BCUT2D eigenvalue weighted by molar-refractivity contribution is -0.135. The summed E-state index contributed by atoms with van der Waals surface area (Å²) in [6, 6.07) is 22.5. The van der Waals surface area contributed by atoms with Crippen molar-refractivity contribution >= 4 is 17.6 Å². The molecule has 3 aromatic rings. The van der Waals surface area contributed by atoms with Crippen molar-refractivity contribution < 1.29 is 33.3 Å². The van der Waals surface area contributed by atoms with Crippen molar-refractivity contribution in [1.82, 2.24) is 10.2 Å². The molecule has 1 heterocycles. The number of rotatable bonds is 18. The third kappa shape index (κ3) is 9.68. The van der Waals surface area contributed by atoms with Gasteiger partial charge in [0.2, 0.25) is 11.7 Å². The van der Waals surface area contributed by atoms with Gasteiger partial charge in [-0.3, -0.25) is 14.4 Å². The molecule has 0 saturated carbocycles. The average Bonchev–Trinajstić information content (AvgIpc) is 3.54. The summed E-state index contributed by atoms with van der Waals surface area (Å²) in [5, 5.41) is 3.25. The first-order valence-corrected chi connectivity index (χ1v) is 16.1. The number of Topliss-reactive ketones (excluding diaryl/α,β-unsaturated/α-hetero) is 1. The minimum atomic E-state index is -0.867. The molecule has 47 heavy (non-hydrogen) atoms. The molecule has 1 N–H and O–H groups in total. The fraction of sp³-hybridized carbons (Fsp3) is 0.395. The van der Waals surface area contributed by atoms with E-state index in [2.05, 4.69) is 36.2 Å². The van der Waals surface area contributed by atoms with E-state index in [1.54, 1.807) is 6.08 Å². The van der Waals surface area contributed by atoms with Crippen molar-refractivity contribution in [1.29, 1.82) is 0 Å². The number of carbonyl (C=O) groups is 3. The summed E-state index contributed by atoms with van der Waals surface area (Å²) in [4.78, 5) is 42.7. The lowest BCUT2D eigenvalue weighted by Gasteiger charge is -2.26. The zero-order valence-electron chi connectivity index (χ0n) is 27.6. The number of benzene rings is 3. The largest absolute Gasteiger partial charge is 0.493 e. The lowest BCUT2D eigenvalue weighted by Crippen LogP contribution is -2.50. The first-order chi connectivity index (χ1) is 22.9. The van der Waals surface area contributed by atoms with Crippen molar-refractivity contribution in [2.24, 2.45) is 0 Å². The van der Waals surface area contributed by atoms with E-state index >= 15 is 0 Å². The summed E-state index contributed by atoms with van der Waals surface area (Å²) in [6.45, 7) is 4.08. The third-order valence-electron chi connectivity index (χ3n) is 8.47. The van der Waals surface area contributed by atoms with Crippen LogP contribution in [0, 0.1) is 0 Å². The van der Waals surface area contributed by atoms with E-state index in [0.717, 1.165) is 38.5 Å². The Morgan fingerprint density at radius 3 is 1.91 bits per heavy atom.